The first kappa shape index (κ1) is 28.0. The van der Waals surface area contributed by atoms with E-state index in [2.05, 4.69) is 52.8 Å². The number of hydrogen-bond acceptors (Lipinski definition) is 5. The van der Waals surface area contributed by atoms with Gasteiger partial charge in [-0.1, -0.05) is 36.8 Å². The third-order valence-corrected chi connectivity index (χ3v) is 12.5. The minimum absolute atomic E-state index is 0.0643. The maximum absolute atomic E-state index is 12.3. The van der Waals surface area contributed by atoms with E-state index in [1.165, 1.54) is 74.4 Å². The van der Waals surface area contributed by atoms with Gasteiger partial charge in [-0.2, -0.15) is 0 Å². The lowest BCUT2D eigenvalue weighted by Crippen LogP contribution is -2.50. The van der Waals surface area contributed by atoms with Crippen LogP contribution in [0.15, 0.2) is 47.1 Å². The average molecular weight is 558 g/mol. The van der Waals surface area contributed by atoms with Crippen molar-refractivity contribution in [1.82, 2.24) is 14.7 Å². The number of allylic oxidation sites excluding steroid dienone is 4. The van der Waals surface area contributed by atoms with Crippen LogP contribution in [0.4, 0.5) is 0 Å². The highest BCUT2D eigenvalue weighted by Crippen LogP contribution is 2.66. The largest absolute Gasteiger partial charge is 0.390 e. The molecule has 5 heteroatoms. The van der Waals surface area contributed by atoms with E-state index in [-0.39, 0.29) is 5.41 Å². The molecular formula is C36H51N3O2. The molecule has 4 fully saturated rings. The zero-order valence-corrected chi connectivity index (χ0v) is 25.5. The van der Waals surface area contributed by atoms with Crippen molar-refractivity contribution in [2.75, 3.05) is 52.4 Å². The summed E-state index contributed by atoms with van der Waals surface area (Å²) in [7, 11) is 0. The lowest BCUT2D eigenvalue weighted by Gasteiger charge is -2.54. The molecule has 7 rings (SSSR count). The molecule has 5 atom stereocenters. The van der Waals surface area contributed by atoms with Crippen LogP contribution >= 0.6 is 0 Å². The lowest BCUT2D eigenvalue weighted by molar-refractivity contribution is -0.114. The first-order valence-electron chi connectivity index (χ1n) is 16.8. The molecule has 0 bridgehead atoms. The highest BCUT2D eigenvalue weighted by molar-refractivity contribution is 5.93. The van der Waals surface area contributed by atoms with Crippen molar-refractivity contribution in [3.05, 3.63) is 58.2 Å². The molecule has 2 aliphatic heterocycles. The molecule has 2 saturated heterocycles. The molecule has 6 aliphatic rings. The van der Waals surface area contributed by atoms with Gasteiger partial charge in [0.25, 0.3) is 0 Å². The Balaban J connectivity index is 1.07. The van der Waals surface area contributed by atoms with Crippen molar-refractivity contribution in [1.29, 1.82) is 0 Å². The molecule has 41 heavy (non-hydrogen) atoms. The first-order valence-corrected chi connectivity index (χ1v) is 16.8. The van der Waals surface area contributed by atoms with Crippen molar-refractivity contribution in [3.8, 4) is 0 Å². The molecule has 2 heterocycles. The number of nitrogens with zero attached hydrogens (tertiary/aromatic N) is 3. The summed E-state index contributed by atoms with van der Waals surface area (Å²) >= 11 is 0. The van der Waals surface area contributed by atoms with Crippen molar-refractivity contribution in [2.45, 2.75) is 89.7 Å². The summed E-state index contributed by atoms with van der Waals surface area (Å²) < 4.78 is 0. The lowest BCUT2D eigenvalue weighted by atomic mass is 9.51. The Labute approximate surface area is 247 Å². The predicted octanol–water partition coefficient (Wildman–Crippen LogP) is 5.55. The highest BCUT2D eigenvalue weighted by Gasteiger charge is 2.61. The normalized spacial score (nSPS) is 36.7. The summed E-state index contributed by atoms with van der Waals surface area (Å²) in [6.07, 6.45) is 11.5. The van der Waals surface area contributed by atoms with Gasteiger partial charge in [0.05, 0.1) is 5.60 Å². The van der Waals surface area contributed by atoms with Gasteiger partial charge in [0.15, 0.2) is 5.78 Å². The summed E-state index contributed by atoms with van der Waals surface area (Å²) in [5, 5.41) is 11.6. The number of likely N-dealkylation sites (tertiary alicyclic amines) is 1. The van der Waals surface area contributed by atoms with Crippen LogP contribution < -0.4 is 0 Å². The fourth-order valence-electron chi connectivity index (χ4n) is 9.75. The number of fused-ring (bicyclic) bond motifs is 4. The van der Waals surface area contributed by atoms with Crippen LogP contribution in [0.2, 0.25) is 0 Å². The van der Waals surface area contributed by atoms with Crippen molar-refractivity contribution in [3.63, 3.8) is 0 Å². The zero-order chi connectivity index (χ0) is 28.2. The molecule has 0 radical (unpaired) electrons. The third-order valence-electron chi connectivity index (χ3n) is 12.5. The molecule has 1 aromatic rings. The number of aliphatic hydroxyl groups is 1. The van der Waals surface area contributed by atoms with Crippen LogP contribution in [0.5, 0.6) is 0 Å². The van der Waals surface area contributed by atoms with Gasteiger partial charge in [0.2, 0.25) is 0 Å². The molecule has 4 aliphatic carbocycles. The Morgan fingerprint density at radius 2 is 1.54 bits per heavy atom. The van der Waals surface area contributed by atoms with Crippen LogP contribution in [-0.4, -0.2) is 83.5 Å². The zero-order valence-electron chi connectivity index (χ0n) is 25.5. The van der Waals surface area contributed by atoms with Gasteiger partial charge in [-0.3, -0.25) is 14.6 Å². The minimum atomic E-state index is -0.610. The van der Waals surface area contributed by atoms with E-state index in [9.17, 15) is 9.90 Å². The molecule has 222 valence electrons. The monoisotopic (exact) mass is 557 g/mol. The average Bonchev–Trinajstić information content (AvgIpc) is 3.58. The first-order chi connectivity index (χ1) is 19.8. The Kier molecular flexibility index (Phi) is 7.54. The van der Waals surface area contributed by atoms with Gasteiger partial charge in [0.1, 0.15) is 0 Å². The molecule has 1 N–H and O–H groups in total. The molecule has 0 amide bonds. The third kappa shape index (κ3) is 5.19. The quantitative estimate of drug-likeness (QED) is 0.497. The van der Waals surface area contributed by atoms with Gasteiger partial charge in [-0.15, -0.1) is 0 Å². The predicted molar refractivity (Wildman–Crippen MR) is 165 cm³/mol. The Morgan fingerprint density at radius 1 is 0.854 bits per heavy atom. The van der Waals surface area contributed by atoms with E-state index in [1.807, 2.05) is 6.08 Å². The van der Waals surface area contributed by atoms with Gasteiger partial charge in [0, 0.05) is 63.6 Å². The van der Waals surface area contributed by atoms with Crippen LogP contribution in [0.1, 0.15) is 88.7 Å². The summed E-state index contributed by atoms with van der Waals surface area (Å²) in [6.45, 7) is 15.3. The van der Waals surface area contributed by atoms with Crippen molar-refractivity contribution >= 4 is 5.78 Å². The van der Waals surface area contributed by atoms with Crippen molar-refractivity contribution in [2.24, 2.45) is 17.3 Å². The van der Waals surface area contributed by atoms with E-state index < -0.39 is 5.60 Å². The number of carbonyl (C=O) groups excluding carboxylic acids is 1. The second-order valence-electron chi connectivity index (χ2n) is 14.7. The van der Waals surface area contributed by atoms with Crippen LogP contribution in [-0.2, 0) is 11.3 Å². The smallest absolute Gasteiger partial charge is 0.156 e. The Bertz CT molecular complexity index is 1200. The number of ketones is 1. The summed E-state index contributed by atoms with van der Waals surface area (Å²) in [5.41, 5.74) is 6.61. The van der Waals surface area contributed by atoms with Gasteiger partial charge in [-0.25, -0.2) is 0 Å². The number of benzene rings is 1. The maximum atomic E-state index is 12.3. The van der Waals surface area contributed by atoms with Crippen LogP contribution in [0, 0.1) is 17.3 Å². The van der Waals surface area contributed by atoms with Crippen LogP contribution in [0.25, 0.3) is 0 Å². The van der Waals surface area contributed by atoms with E-state index in [0.29, 0.717) is 30.0 Å². The number of rotatable bonds is 6. The van der Waals surface area contributed by atoms with Gasteiger partial charge < -0.3 is 10.0 Å². The van der Waals surface area contributed by atoms with Crippen LogP contribution in [0.3, 0.4) is 0 Å². The van der Waals surface area contributed by atoms with E-state index in [0.717, 1.165) is 58.2 Å². The standard InChI is InChI=1S/C36H51N3O2/c1-35-24-32(34-30-12-10-29(40)23-28(30)9-11-31(34)33(35)13-14-36(35,2)41)27-7-5-26(6-8-27)25-39-21-19-38(20-22-39)18-17-37-15-3-4-16-37/h5-8,23,31-33,41H,3-4,9-22,24-25H2,1-2H3/t31?,32-,33?,35+,36+/m1/s1. The second kappa shape index (κ2) is 11.0. The number of hydrogen-bond donors (Lipinski definition) is 1. The number of piperazine rings is 1. The fourth-order valence-corrected chi connectivity index (χ4v) is 9.75. The second-order valence-corrected chi connectivity index (χ2v) is 14.7. The molecule has 5 nitrogen and oxygen atoms in total. The summed E-state index contributed by atoms with van der Waals surface area (Å²) in [4.78, 5) is 20.2. The Hall–Kier alpha value is -1.79. The summed E-state index contributed by atoms with van der Waals surface area (Å²) in [6, 6.07) is 9.55. The SMILES string of the molecule is C[C@]1(O)CCC2C3CCC4=CC(=O)CCC4=C3[C@@H](c3ccc(CN4CCN(CCN5CCCC5)CC4)cc3)C[C@@]21C. The van der Waals surface area contributed by atoms with Gasteiger partial charge in [-0.05, 0) is 112 Å². The molecule has 0 spiro atoms. The Morgan fingerprint density at radius 3 is 2.27 bits per heavy atom. The number of carbonyl (C=O) groups is 1. The van der Waals surface area contributed by atoms with E-state index >= 15 is 0 Å². The topological polar surface area (TPSA) is 47.0 Å². The van der Waals surface area contributed by atoms with Crippen molar-refractivity contribution < 1.29 is 9.90 Å². The molecule has 0 aromatic heterocycles. The van der Waals surface area contributed by atoms with E-state index in [4.69, 9.17) is 0 Å². The van der Waals surface area contributed by atoms with E-state index in [1.54, 1.807) is 5.57 Å². The molecule has 2 saturated carbocycles. The molecule has 2 unspecified atom stereocenters. The summed E-state index contributed by atoms with van der Waals surface area (Å²) in [5.74, 6) is 1.73. The fraction of sp³-hybridized carbons (Fsp3) is 0.694. The van der Waals surface area contributed by atoms with Gasteiger partial charge >= 0.3 is 0 Å². The minimum Gasteiger partial charge on any atom is -0.390 e. The highest BCUT2D eigenvalue weighted by atomic mass is 16.3. The maximum Gasteiger partial charge on any atom is 0.156 e. The molecular weight excluding hydrogens is 506 g/mol. The molecule has 1 aromatic carbocycles.